The fourth-order valence-corrected chi connectivity index (χ4v) is 5.53. The average molecular weight is 454 g/mol. The maximum absolute atomic E-state index is 12.9. The van der Waals surface area contributed by atoms with Gasteiger partial charge in [-0.1, -0.05) is 44.7 Å². The average Bonchev–Trinajstić information content (AvgIpc) is 3.25. The molecule has 0 bridgehead atoms. The van der Waals surface area contributed by atoms with Crippen LogP contribution >= 0.6 is 0 Å². The molecule has 1 unspecified atom stereocenters. The SMILES string of the molecule is CCCCc1ccc(N2CC(C(=O)NC3CCN(C(=O)C4CCCCC4)CC3)CC2=O)cc1. The number of nitrogens with one attached hydrogen (secondary N) is 1. The second-order valence-electron chi connectivity index (χ2n) is 10.1. The molecule has 3 aliphatic rings. The van der Waals surface area contributed by atoms with Gasteiger partial charge < -0.3 is 15.1 Å². The van der Waals surface area contributed by atoms with Crippen LogP contribution in [-0.2, 0) is 20.8 Å². The third kappa shape index (κ3) is 5.96. The van der Waals surface area contributed by atoms with E-state index in [1.54, 1.807) is 4.90 Å². The summed E-state index contributed by atoms with van der Waals surface area (Å²) in [7, 11) is 0. The number of likely N-dealkylation sites (tertiary alicyclic amines) is 1. The quantitative estimate of drug-likeness (QED) is 0.677. The minimum Gasteiger partial charge on any atom is -0.353 e. The van der Waals surface area contributed by atoms with E-state index in [0.29, 0.717) is 12.5 Å². The number of amides is 3. The molecule has 180 valence electrons. The highest BCUT2D eigenvalue weighted by molar-refractivity contribution is 6.00. The predicted molar refractivity (Wildman–Crippen MR) is 130 cm³/mol. The molecule has 1 saturated carbocycles. The van der Waals surface area contributed by atoms with Gasteiger partial charge in [0.15, 0.2) is 0 Å². The number of carbonyl (C=O) groups is 3. The Morgan fingerprint density at radius 3 is 2.33 bits per heavy atom. The van der Waals surface area contributed by atoms with Crippen LogP contribution in [0.3, 0.4) is 0 Å². The number of hydrogen-bond donors (Lipinski definition) is 1. The Hall–Kier alpha value is -2.37. The lowest BCUT2D eigenvalue weighted by molar-refractivity contribution is -0.137. The molecule has 2 heterocycles. The zero-order valence-corrected chi connectivity index (χ0v) is 20.1. The van der Waals surface area contributed by atoms with Crippen LogP contribution in [0.15, 0.2) is 24.3 Å². The van der Waals surface area contributed by atoms with Crippen molar-refractivity contribution < 1.29 is 14.4 Å². The Morgan fingerprint density at radius 2 is 1.67 bits per heavy atom. The Kier molecular flexibility index (Phi) is 8.05. The van der Waals surface area contributed by atoms with Gasteiger partial charge in [0.25, 0.3) is 0 Å². The second kappa shape index (κ2) is 11.2. The van der Waals surface area contributed by atoms with Crippen LogP contribution in [-0.4, -0.2) is 48.3 Å². The molecule has 3 fully saturated rings. The van der Waals surface area contributed by atoms with E-state index in [0.717, 1.165) is 57.3 Å². The van der Waals surface area contributed by atoms with Crippen molar-refractivity contribution in [2.45, 2.75) is 83.6 Å². The van der Waals surface area contributed by atoms with Crippen LogP contribution in [0.2, 0.25) is 0 Å². The van der Waals surface area contributed by atoms with Gasteiger partial charge >= 0.3 is 0 Å². The van der Waals surface area contributed by atoms with Gasteiger partial charge in [0.2, 0.25) is 17.7 Å². The first-order valence-electron chi connectivity index (χ1n) is 13.0. The van der Waals surface area contributed by atoms with Crippen molar-refractivity contribution >= 4 is 23.4 Å². The van der Waals surface area contributed by atoms with E-state index in [4.69, 9.17) is 0 Å². The highest BCUT2D eigenvalue weighted by Crippen LogP contribution is 2.28. The van der Waals surface area contributed by atoms with Gasteiger partial charge in [-0.25, -0.2) is 0 Å². The molecule has 0 spiro atoms. The third-order valence-electron chi connectivity index (χ3n) is 7.67. The Labute approximate surface area is 198 Å². The number of benzene rings is 1. The highest BCUT2D eigenvalue weighted by atomic mass is 16.2. The zero-order chi connectivity index (χ0) is 23.2. The number of aryl methyl sites for hydroxylation is 1. The number of hydrogen-bond acceptors (Lipinski definition) is 3. The lowest BCUT2D eigenvalue weighted by Crippen LogP contribution is -2.49. The van der Waals surface area contributed by atoms with Crippen molar-refractivity contribution in [1.29, 1.82) is 0 Å². The van der Waals surface area contributed by atoms with Crippen molar-refractivity contribution in [3.63, 3.8) is 0 Å². The molecule has 0 aromatic heterocycles. The number of carbonyl (C=O) groups excluding carboxylic acids is 3. The first kappa shape index (κ1) is 23.8. The van der Waals surface area contributed by atoms with Crippen LogP contribution in [0.5, 0.6) is 0 Å². The van der Waals surface area contributed by atoms with Crippen molar-refractivity contribution in [2.24, 2.45) is 11.8 Å². The lowest BCUT2D eigenvalue weighted by atomic mass is 9.87. The number of piperidine rings is 1. The van der Waals surface area contributed by atoms with Crippen LogP contribution in [0, 0.1) is 11.8 Å². The molecular weight excluding hydrogens is 414 g/mol. The minimum absolute atomic E-state index is 0.0179. The van der Waals surface area contributed by atoms with Crippen LogP contribution in [0.4, 0.5) is 5.69 Å². The molecule has 1 aromatic carbocycles. The van der Waals surface area contributed by atoms with Crippen molar-refractivity contribution in [2.75, 3.05) is 24.5 Å². The normalized spacial score (nSPS) is 22.6. The fraction of sp³-hybridized carbons (Fsp3) is 0.667. The monoisotopic (exact) mass is 453 g/mol. The van der Waals surface area contributed by atoms with Gasteiger partial charge in [-0.2, -0.15) is 0 Å². The van der Waals surface area contributed by atoms with E-state index in [1.165, 1.54) is 31.2 Å². The number of rotatable bonds is 7. The second-order valence-corrected chi connectivity index (χ2v) is 10.1. The van der Waals surface area contributed by atoms with Crippen LogP contribution in [0.25, 0.3) is 0 Å². The molecule has 6 nitrogen and oxygen atoms in total. The smallest absolute Gasteiger partial charge is 0.227 e. The Balaban J connectivity index is 1.24. The first-order chi connectivity index (χ1) is 16.0. The molecule has 1 N–H and O–H groups in total. The molecule has 0 radical (unpaired) electrons. The van der Waals surface area contributed by atoms with Crippen molar-refractivity contribution in [1.82, 2.24) is 10.2 Å². The largest absolute Gasteiger partial charge is 0.353 e. The van der Waals surface area contributed by atoms with E-state index < -0.39 is 0 Å². The number of anilines is 1. The van der Waals surface area contributed by atoms with E-state index in [9.17, 15) is 14.4 Å². The molecule has 2 aliphatic heterocycles. The van der Waals surface area contributed by atoms with E-state index in [2.05, 4.69) is 24.4 Å². The van der Waals surface area contributed by atoms with Crippen LogP contribution < -0.4 is 10.2 Å². The summed E-state index contributed by atoms with van der Waals surface area (Å²) >= 11 is 0. The molecule has 33 heavy (non-hydrogen) atoms. The topological polar surface area (TPSA) is 69.7 Å². The standard InChI is InChI=1S/C27H39N3O3/c1-2-3-7-20-10-12-24(13-11-20)30-19-22(18-25(30)31)26(32)28-23-14-16-29(17-15-23)27(33)21-8-5-4-6-9-21/h10-13,21-23H,2-9,14-19H2,1H3,(H,28,32). The van der Waals surface area contributed by atoms with E-state index >= 15 is 0 Å². The maximum atomic E-state index is 12.9. The highest BCUT2D eigenvalue weighted by Gasteiger charge is 2.36. The molecule has 4 rings (SSSR count). The first-order valence-corrected chi connectivity index (χ1v) is 13.0. The summed E-state index contributed by atoms with van der Waals surface area (Å²) in [6.45, 7) is 4.07. The summed E-state index contributed by atoms with van der Waals surface area (Å²) in [5, 5.41) is 3.17. The predicted octanol–water partition coefficient (Wildman–Crippen LogP) is 4.07. The summed E-state index contributed by atoms with van der Waals surface area (Å²) in [6.07, 6.45) is 10.9. The molecule has 1 aromatic rings. The minimum atomic E-state index is -0.306. The van der Waals surface area contributed by atoms with E-state index in [-0.39, 0.29) is 36.1 Å². The summed E-state index contributed by atoms with van der Waals surface area (Å²) < 4.78 is 0. The molecule has 1 atom stereocenters. The Bertz CT molecular complexity index is 824. The molecule has 6 heteroatoms. The Morgan fingerprint density at radius 1 is 0.970 bits per heavy atom. The van der Waals surface area contributed by atoms with Gasteiger partial charge in [0.1, 0.15) is 0 Å². The van der Waals surface area contributed by atoms with Crippen molar-refractivity contribution in [3.8, 4) is 0 Å². The molecule has 3 amide bonds. The molecule has 2 saturated heterocycles. The van der Waals surface area contributed by atoms with Gasteiger partial charge in [0.05, 0.1) is 5.92 Å². The van der Waals surface area contributed by atoms with Gasteiger partial charge in [-0.05, 0) is 56.2 Å². The molecule has 1 aliphatic carbocycles. The van der Waals surface area contributed by atoms with Gasteiger partial charge in [-0.3, -0.25) is 14.4 Å². The number of unbranched alkanes of at least 4 members (excludes halogenated alkanes) is 1. The lowest BCUT2D eigenvalue weighted by Gasteiger charge is -2.35. The van der Waals surface area contributed by atoms with Crippen LogP contribution in [0.1, 0.15) is 76.7 Å². The molecular formula is C27H39N3O3. The van der Waals surface area contributed by atoms with Gasteiger partial charge in [-0.15, -0.1) is 0 Å². The fourth-order valence-electron chi connectivity index (χ4n) is 5.53. The maximum Gasteiger partial charge on any atom is 0.227 e. The van der Waals surface area contributed by atoms with Gasteiger partial charge in [0, 0.05) is 43.7 Å². The summed E-state index contributed by atoms with van der Waals surface area (Å²) in [5.74, 6) is 0.212. The number of nitrogens with zero attached hydrogens (tertiary/aromatic N) is 2. The third-order valence-corrected chi connectivity index (χ3v) is 7.67. The summed E-state index contributed by atoms with van der Waals surface area (Å²) in [5.41, 5.74) is 2.17. The van der Waals surface area contributed by atoms with Crippen molar-refractivity contribution in [3.05, 3.63) is 29.8 Å². The summed E-state index contributed by atoms with van der Waals surface area (Å²) in [4.78, 5) is 42.0. The zero-order valence-electron chi connectivity index (χ0n) is 20.1. The summed E-state index contributed by atoms with van der Waals surface area (Å²) in [6, 6.07) is 8.28. The van der Waals surface area contributed by atoms with E-state index in [1.807, 2.05) is 17.0 Å².